The van der Waals surface area contributed by atoms with Gasteiger partial charge in [0.25, 0.3) is 11.1 Å². The highest BCUT2D eigenvalue weighted by Gasteiger charge is 2.11. The third kappa shape index (κ3) is 2.63. The molecule has 0 bridgehead atoms. The number of hydrogen-bond acceptors (Lipinski definition) is 6. The second-order valence-electron chi connectivity index (χ2n) is 2.92. The second-order valence-corrected chi connectivity index (χ2v) is 3.96. The Morgan fingerprint density at radius 3 is 3.06 bits per heavy atom. The van der Waals surface area contributed by atoms with Gasteiger partial charge in [-0.15, -0.1) is 10.2 Å². The van der Waals surface area contributed by atoms with Gasteiger partial charge in [-0.25, -0.2) is 0 Å². The first-order chi connectivity index (χ1) is 7.75. The Morgan fingerprint density at radius 2 is 2.38 bits per heavy atom. The Balaban J connectivity index is 1.95. The smallest absolute Gasteiger partial charge is 0.284 e. The summed E-state index contributed by atoms with van der Waals surface area (Å²) in [6.45, 7) is 0. The molecule has 0 spiro atoms. The molecule has 6 nitrogen and oxygen atoms in total. The van der Waals surface area contributed by atoms with Crippen LogP contribution in [0.3, 0.4) is 0 Å². The Labute approximate surface area is 95.2 Å². The number of rotatable bonds is 5. The number of carbonyl (C=O) groups excluding carboxylic acids is 1. The summed E-state index contributed by atoms with van der Waals surface area (Å²) >= 11 is 1.28. The monoisotopic (exact) mass is 239 g/mol. The van der Waals surface area contributed by atoms with E-state index in [9.17, 15) is 4.79 Å². The van der Waals surface area contributed by atoms with Crippen LogP contribution in [-0.2, 0) is 4.79 Å². The molecule has 0 aromatic carbocycles. The molecule has 0 radical (unpaired) electrons. The van der Waals surface area contributed by atoms with Gasteiger partial charge in [-0.05, 0) is 12.1 Å². The summed E-state index contributed by atoms with van der Waals surface area (Å²) < 4.78 is 10.4. The van der Waals surface area contributed by atoms with E-state index in [2.05, 4.69) is 10.2 Å². The maximum Gasteiger partial charge on any atom is 0.284 e. The van der Waals surface area contributed by atoms with Crippen LogP contribution in [0.25, 0.3) is 11.7 Å². The predicted octanol–water partition coefficient (Wildman–Crippen LogP) is 1.30. The van der Waals surface area contributed by atoms with Crippen LogP contribution in [0.5, 0.6) is 0 Å². The minimum Gasteiger partial charge on any atom is -0.459 e. The number of amides is 1. The van der Waals surface area contributed by atoms with Crippen LogP contribution in [0, 0.1) is 0 Å². The molecule has 2 N–H and O–H groups in total. The first-order valence-electron chi connectivity index (χ1n) is 4.54. The van der Waals surface area contributed by atoms with Crippen LogP contribution in [0.2, 0.25) is 0 Å². The number of carbonyl (C=O) groups is 1. The van der Waals surface area contributed by atoms with E-state index in [1.807, 2.05) is 0 Å². The van der Waals surface area contributed by atoms with Crippen molar-refractivity contribution in [1.29, 1.82) is 0 Å². The zero-order valence-electron chi connectivity index (χ0n) is 8.25. The van der Waals surface area contributed by atoms with Crippen molar-refractivity contribution in [3.05, 3.63) is 18.4 Å². The molecule has 2 aromatic rings. The van der Waals surface area contributed by atoms with Gasteiger partial charge in [0.05, 0.1) is 6.26 Å². The Hall–Kier alpha value is -1.76. The minimum absolute atomic E-state index is 0.281. The van der Waals surface area contributed by atoms with E-state index in [4.69, 9.17) is 14.6 Å². The van der Waals surface area contributed by atoms with E-state index in [-0.39, 0.29) is 12.3 Å². The Morgan fingerprint density at radius 1 is 1.50 bits per heavy atom. The summed E-state index contributed by atoms with van der Waals surface area (Å²) in [7, 11) is 0. The number of thioether (sulfide) groups is 1. The van der Waals surface area contributed by atoms with Crippen molar-refractivity contribution < 1.29 is 13.6 Å². The maximum absolute atomic E-state index is 10.5. The number of nitrogens with zero attached hydrogens (tertiary/aromatic N) is 2. The molecular weight excluding hydrogens is 230 g/mol. The SMILES string of the molecule is NC(=O)CCSc1nnc(-c2ccco2)o1. The molecule has 2 rings (SSSR count). The fourth-order valence-electron chi connectivity index (χ4n) is 1.01. The van der Waals surface area contributed by atoms with Crippen LogP contribution in [0.1, 0.15) is 6.42 Å². The Bertz CT molecular complexity index is 466. The van der Waals surface area contributed by atoms with Crippen molar-refractivity contribution in [3.63, 3.8) is 0 Å². The first-order valence-corrected chi connectivity index (χ1v) is 5.53. The highest BCUT2D eigenvalue weighted by Crippen LogP contribution is 2.23. The van der Waals surface area contributed by atoms with Gasteiger partial charge in [-0.3, -0.25) is 4.79 Å². The number of aromatic nitrogens is 2. The van der Waals surface area contributed by atoms with Gasteiger partial charge in [0, 0.05) is 12.2 Å². The van der Waals surface area contributed by atoms with Crippen molar-refractivity contribution in [1.82, 2.24) is 10.2 Å². The topological polar surface area (TPSA) is 95.2 Å². The van der Waals surface area contributed by atoms with Gasteiger partial charge >= 0.3 is 0 Å². The molecule has 0 atom stereocenters. The van der Waals surface area contributed by atoms with Gasteiger partial charge in [-0.2, -0.15) is 0 Å². The van der Waals surface area contributed by atoms with Crippen molar-refractivity contribution in [3.8, 4) is 11.7 Å². The van der Waals surface area contributed by atoms with Crippen molar-refractivity contribution in [2.75, 3.05) is 5.75 Å². The highest BCUT2D eigenvalue weighted by atomic mass is 32.2. The molecule has 16 heavy (non-hydrogen) atoms. The molecule has 7 heteroatoms. The molecule has 0 unspecified atom stereocenters. The summed E-state index contributed by atoms with van der Waals surface area (Å²) in [4.78, 5) is 10.5. The summed E-state index contributed by atoms with van der Waals surface area (Å²) in [5.74, 6) is 1.02. The molecule has 0 fully saturated rings. The summed E-state index contributed by atoms with van der Waals surface area (Å²) in [6, 6.07) is 3.46. The van der Waals surface area contributed by atoms with E-state index in [0.29, 0.717) is 22.6 Å². The van der Waals surface area contributed by atoms with E-state index >= 15 is 0 Å². The Kier molecular flexibility index (Phi) is 3.25. The zero-order valence-corrected chi connectivity index (χ0v) is 9.07. The third-order valence-electron chi connectivity index (χ3n) is 1.71. The molecule has 2 heterocycles. The van der Waals surface area contributed by atoms with Crippen molar-refractivity contribution in [2.45, 2.75) is 11.6 Å². The van der Waals surface area contributed by atoms with E-state index in [0.717, 1.165) is 0 Å². The standard InChI is InChI=1S/C9H9N3O3S/c10-7(13)3-5-16-9-12-11-8(15-9)6-2-1-4-14-6/h1-2,4H,3,5H2,(H2,10,13). The molecule has 0 aliphatic rings. The lowest BCUT2D eigenvalue weighted by molar-refractivity contribution is -0.117. The number of primary amides is 1. The lowest BCUT2D eigenvalue weighted by Gasteiger charge is -1.91. The normalized spacial score (nSPS) is 10.5. The third-order valence-corrected chi connectivity index (χ3v) is 2.53. The molecule has 84 valence electrons. The molecule has 2 aromatic heterocycles. The zero-order chi connectivity index (χ0) is 11.4. The lowest BCUT2D eigenvalue weighted by atomic mass is 10.5. The van der Waals surface area contributed by atoms with Crippen LogP contribution < -0.4 is 5.73 Å². The predicted molar refractivity (Wildman–Crippen MR) is 56.5 cm³/mol. The van der Waals surface area contributed by atoms with Crippen molar-refractivity contribution in [2.24, 2.45) is 5.73 Å². The summed E-state index contributed by atoms with van der Waals surface area (Å²) in [5, 5.41) is 8.01. The average Bonchev–Trinajstić information content (AvgIpc) is 2.85. The number of nitrogens with two attached hydrogens (primary N) is 1. The fraction of sp³-hybridized carbons (Fsp3) is 0.222. The molecule has 0 saturated heterocycles. The maximum atomic E-state index is 10.5. The summed E-state index contributed by atoms with van der Waals surface area (Å²) in [5.41, 5.74) is 5.01. The van der Waals surface area contributed by atoms with Crippen LogP contribution in [0.4, 0.5) is 0 Å². The van der Waals surface area contributed by atoms with E-state index in [1.165, 1.54) is 18.0 Å². The molecule has 0 aliphatic carbocycles. The first kappa shape index (κ1) is 10.7. The van der Waals surface area contributed by atoms with Crippen LogP contribution in [-0.4, -0.2) is 21.9 Å². The largest absolute Gasteiger partial charge is 0.459 e. The van der Waals surface area contributed by atoms with Gasteiger partial charge in [0.2, 0.25) is 5.91 Å². The molecule has 1 amide bonds. The number of furan rings is 1. The minimum atomic E-state index is -0.349. The van der Waals surface area contributed by atoms with Gasteiger partial charge in [0.15, 0.2) is 5.76 Å². The highest BCUT2D eigenvalue weighted by molar-refractivity contribution is 7.99. The van der Waals surface area contributed by atoms with Gasteiger partial charge < -0.3 is 14.6 Å². The fourth-order valence-corrected chi connectivity index (χ4v) is 1.72. The van der Waals surface area contributed by atoms with E-state index in [1.54, 1.807) is 12.1 Å². The lowest BCUT2D eigenvalue weighted by Crippen LogP contribution is -2.10. The van der Waals surface area contributed by atoms with Crippen LogP contribution in [0.15, 0.2) is 32.5 Å². The van der Waals surface area contributed by atoms with Crippen LogP contribution >= 0.6 is 11.8 Å². The molecule has 0 aliphatic heterocycles. The van der Waals surface area contributed by atoms with Crippen molar-refractivity contribution >= 4 is 17.7 Å². The van der Waals surface area contributed by atoms with Gasteiger partial charge in [0.1, 0.15) is 0 Å². The summed E-state index contributed by atoms with van der Waals surface area (Å²) in [6.07, 6.45) is 1.81. The second kappa shape index (κ2) is 4.84. The average molecular weight is 239 g/mol. The molecule has 0 saturated carbocycles. The number of hydrogen-bond donors (Lipinski definition) is 1. The quantitative estimate of drug-likeness (QED) is 0.790. The molecular formula is C9H9N3O3S. The van der Waals surface area contributed by atoms with E-state index < -0.39 is 0 Å². The van der Waals surface area contributed by atoms with Gasteiger partial charge in [-0.1, -0.05) is 11.8 Å².